The van der Waals surface area contributed by atoms with E-state index in [4.69, 9.17) is 9.84 Å². The smallest absolute Gasteiger partial charge is 0.481 e. The number of piperidine rings is 1. The Morgan fingerprint density at radius 1 is 1.41 bits per heavy atom. The second kappa shape index (κ2) is 9.92. The summed E-state index contributed by atoms with van der Waals surface area (Å²) in [4.78, 5) is 31.6. The van der Waals surface area contributed by atoms with Crippen molar-refractivity contribution >= 4 is 24.7 Å². The number of carbonyl (C=O) groups is 2. The van der Waals surface area contributed by atoms with E-state index in [1.54, 1.807) is 6.08 Å². The van der Waals surface area contributed by atoms with Crippen LogP contribution in [0.1, 0.15) is 24.8 Å². The molecule has 3 fully saturated rings. The van der Waals surface area contributed by atoms with Crippen LogP contribution in [0.15, 0.2) is 46.5 Å². The lowest BCUT2D eigenvalue weighted by atomic mass is 10.0. The number of quaternary nitrogens is 1. The number of aliphatic imine (C=N–C) groups is 1. The number of hydrogen-bond donors (Lipinski definition) is 1. The van der Waals surface area contributed by atoms with Crippen LogP contribution in [0.25, 0.3) is 0 Å². The fraction of sp³-hybridized carbons (Fsp3) is 0.435. The van der Waals surface area contributed by atoms with E-state index in [-0.39, 0.29) is 29.6 Å². The first-order chi connectivity index (χ1) is 17.6. The first-order valence-corrected chi connectivity index (χ1v) is 11.5. The molecule has 0 aromatic carbocycles. The largest absolute Gasteiger partial charge is 0.484 e. The number of methoxy groups -OCH3 is 1. The minimum atomic E-state index is -4.48. The van der Waals surface area contributed by atoms with Crippen LogP contribution in [0, 0.1) is 5.82 Å². The zero-order valence-corrected chi connectivity index (χ0v) is 20.0. The minimum absolute atomic E-state index is 0.0520. The van der Waals surface area contributed by atoms with Gasteiger partial charge in [-0.25, -0.2) is 9.37 Å². The highest BCUT2D eigenvalue weighted by atomic mass is 19.4. The molecule has 4 aliphatic rings. The number of aromatic nitrogens is 1. The van der Waals surface area contributed by atoms with Gasteiger partial charge in [0.1, 0.15) is 5.71 Å². The van der Waals surface area contributed by atoms with Gasteiger partial charge in [-0.2, -0.15) is 13.2 Å². The second-order valence-corrected chi connectivity index (χ2v) is 8.76. The Labute approximate surface area is 210 Å². The lowest BCUT2D eigenvalue weighted by molar-refractivity contribution is -0.789. The van der Waals surface area contributed by atoms with Gasteiger partial charge in [0.2, 0.25) is 18.0 Å². The van der Waals surface area contributed by atoms with Gasteiger partial charge in [-0.3, -0.25) is 24.4 Å². The first kappa shape index (κ1) is 26.3. The van der Waals surface area contributed by atoms with E-state index in [0.29, 0.717) is 33.9 Å². The van der Waals surface area contributed by atoms with Crippen molar-refractivity contribution in [2.24, 2.45) is 10.1 Å². The number of pyridine rings is 1. The number of hydrogen-bond acceptors (Lipinski definition) is 7. The molecular formula is C23H26F4N7O3+. The molecule has 2 amide bonds. The number of alkyl halides is 3. The number of nitrogens with one attached hydrogen (secondary N) is 1. The zero-order valence-electron chi connectivity index (χ0n) is 20.0. The summed E-state index contributed by atoms with van der Waals surface area (Å²) in [5, 5.41) is 6.89. The van der Waals surface area contributed by atoms with Crippen molar-refractivity contribution in [1.82, 2.24) is 20.1 Å². The Kier molecular flexibility index (Phi) is 7.04. The van der Waals surface area contributed by atoms with Crippen molar-refractivity contribution in [2.75, 3.05) is 33.3 Å². The maximum absolute atomic E-state index is 14.2. The van der Waals surface area contributed by atoms with Gasteiger partial charge < -0.3 is 10.1 Å². The molecule has 0 aliphatic carbocycles. The summed E-state index contributed by atoms with van der Waals surface area (Å²) in [6.07, 6.45) is 3.53. The standard InChI is InChI=1S/C16H16FN4O2.C7H10F3N3O/c1-23-14-6-10(11(17)8-18-14)12-7-13-15(22)20-5-3-2-4-16(20)9-21(13,16)19-12;1-11-2-4-13(7(8,9)10)5-3-12-6-14/h6-8H,2-5,9H2,1H3;2,4,6H,1,3,5H2,(H,12,14)/q+1;/b;4-2-. The van der Waals surface area contributed by atoms with E-state index >= 15 is 0 Å². The number of halogens is 4. The summed E-state index contributed by atoms with van der Waals surface area (Å²) >= 11 is 0. The van der Waals surface area contributed by atoms with E-state index in [2.05, 4.69) is 22.0 Å². The molecule has 198 valence electrons. The van der Waals surface area contributed by atoms with E-state index in [1.165, 1.54) is 13.2 Å². The van der Waals surface area contributed by atoms with Crippen molar-refractivity contribution in [3.8, 4) is 5.88 Å². The topological polar surface area (TPSA) is 99.5 Å². The average Bonchev–Trinajstić information content (AvgIpc) is 3.21. The Hall–Kier alpha value is -3.81. The molecule has 2 spiro atoms. The quantitative estimate of drug-likeness (QED) is 0.107. The molecule has 1 N–H and O–H groups in total. The summed E-state index contributed by atoms with van der Waals surface area (Å²) in [5.41, 5.74) is 1.32. The van der Waals surface area contributed by atoms with Crippen LogP contribution in [0.5, 0.6) is 5.88 Å². The van der Waals surface area contributed by atoms with Crippen LogP contribution in [-0.2, 0) is 9.59 Å². The molecule has 37 heavy (non-hydrogen) atoms. The van der Waals surface area contributed by atoms with Crippen LogP contribution >= 0.6 is 0 Å². The predicted octanol–water partition coefficient (Wildman–Crippen LogP) is 2.11. The fourth-order valence-electron chi connectivity index (χ4n) is 5.01. The van der Waals surface area contributed by atoms with E-state index < -0.39 is 12.1 Å². The third-order valence-corrected chi connectivity index (χ3v) is 6.77. The van der Waals surface area contributed by atoms with Crippen LogP contribution in [0.2, 0.25) is 0 Å². The first-order valence-electron chi connectivity index (χ1n) is 11.5. The van der Waals surface area contributed by atoms with Gasteiger partial charge in [-0.1, -0.05) is 5.10 Å². The molecule has 10 nitrogen and oxygen atoms in total. The normalized spacial score (nSPS) is 25.2. The lowest BCUT2D eigenvalue weighted by Gasteiger charge is -2.26. The Morgan fingerprint density at radius 3 is 2.86 bits per heavy atom. The van der Waals surface area contributed by atoms with E-state index in [9.17, 15) is 27.2 Å². The Balaban J connectivity index is 0.000000200. The highest BCUT2D eigenvalue weighted by Crippen LogP contribution is 2.62. The molecule has 5 heterocycles. The molecule has 14 heteroatoms. The van der Waals surface area contributed by atoms with E-state index in [0.717, 1.165) is 50.9 Å². The van der Waals surface area contributed by atoms with E-state index in [1.807, 2.05) is 4.90 Å². The molecule has 4 aliphatic heterocycles. The summed E-state index contributed by atoms with van der Waals surface area (Å²) in [6.45, 7) is 4.17. The van der Waals surface area contributed by atoms with Crippen LogP contribution < -0.4 is 10.1 Å². The van der Waals surface area contributed by atoms with Crippen molar-refractivity contribution < 1.29 is 36.5 Å². The fourth-order valence-corrected chi connectivity index (χ4v) is 5.01. The SMILES string of the molecule is C=N/C=C\N(CCNC=O)C(F)(F)F.COc1cc(C2=N[N+]34CC35CCCCN5C(=O)C4=C2)c(F)cn1. The number of piperazine rings is 1. The van der Waals surface area contributed by atoms with Gasteiger partial charge in [0.15, 0.2) is 12.4 Å². The Bertz CT molecular complexity index is 1190. The molecule has 1 aromatic rings. The monoisotopic (exact) mass is 524 g/mol. The van der Waals surface area contributed by atoms with Crippen molar-refractivity contribution in [1.29, 1.82) is 0 Å². The Morgan fingerprint density at radius 2 is 2.19 bits per heavy atom. The number of carbonyl (C=O) groups excluding carboxylic acids is 2. The number of ether oxygens (including phenoxy) is 1. The van der Waals surface area contributed by atoms with Crippen molar-refractivity contribution in [2.45, 2.75) is 31.2 Å². The molecule has 1 aromatic heterocycles. The van der Waals surface area contributed by atoms with Gasteiger partial charge in [0, 0.05) is 56.2 Å². The third kappa shape index (κ3) is 4.56. The van der Waals surface area contributed by atoms with Gasteiger partial charge in [0.25, 0.3) is 5.66 Å². The zero-order chi connectivity index (χ0) is 26.8. The molecule has 0 radical (unpaired) electrons. The summed E-state index contributed by atoms with van der Waals surface area (Å²) in [7, 11) is 1.49. The molecule has 2 atom stereocenters. The average molecular weight is 524 g/mol. The van der Waals surface area contributed by atoms with Gasteiger partial charge in [0.05, 0.1) is 13.3 Å². The van der Waals surface area contributed by atoms with Crippen LogP contribution in [0.4, 0.5) is 17.6 Å². The highest BCUT2D eigenvalue weighted by molar-refractivity contribution is 6.14. The minimum Gasteiger partial charge on any atom is -0.481 e. The summed E-state index contributed by atoms with van der Waals surface area (Å²) in [6, 6.07) is 1.53. The lowest BCUT2D eigenvalue weighted by Crippen LogP contribution is -2.44. The molecule has 0 saturated carbocycles. The van der Waals surface area contributed by atoms with Crippen LogP contribution in [-0.4, -0.2) is 89.4 Å². The number of rotatable bonds is 8. The summed E-state index contributed by atoms with van der Waals surface area (Å²) in [5.74, 6) is -0.0681. The molecule has 0 bridgehead atoms. The highest BCUT2D eigenvalue weighted by Gasteiger charge is 2.85. The van der Waals surface area contributed by atoms with Gasteiger partial charge in [-0.05, 0) is 19.6 Å². The van der Waals surface area contributed by atoms with Crippen molar-refractivity contribution in [3.05, 3.63) is 47.8 Å². The number of amides is 2. The molecule has 2 unspecified atom stereocenters. The van der Waals surface area contributed by atoms with Crippen molar-refractivity contribution in [3.63, 3.8) is 0 Å². The predicted molar refractivity (Wildman–Crippen MR) is 124 cm³/mol. The maximum atomic E-state index is 14.2. The van der Waals surface area contributed by atoms with Crippen LogP contribution in [0.3, 0.4) is 0 Å². The molecular weight excluding hydrogens is 498 g/mol. The number of nitrogens with zero attached hydrogens (tertiary/aromatic N) is 6. The molecule has 3 saturated heterocycles. The number of allylic oxidation sites excluding steroid dienone is 1. The summed E-state index contributed by atoms with van der Waals surface area (Å²) < 4.78 is 56.1. The third-order valence-electron chi connectivity index (χ3n) is 6.77. The second-order valence-electron chi connectivity index (χ2n) is 8.76. The van der Waals surface area contributed by atoms with Gasteiger partial charge in [-0.15, -0.1) is 4.59 Å². The molecule has 5 rings (SSSR count). The maximum Gasteiger partial charge on any atom is 0.484 e. The van der Waals surface area contributed by atoms with Gasteiger partial charge >= 0.3 is 12.2 Å².